The fourth-order valence-electron chi connectivity index (χ4n) is 0.981. The summed E-state index contributed by atoms with van der Waals surface area (Å²) in [7, 11) is 0. The Morgan fingerprint density at radius 1 is 1.16 bits per heavy atom. The van der Waals surface area contributed by atoms with Crippen LogP contribution in [0, 0.1) is 4.91 Å². The second kappa shape index (κ2) is 7.52. The summed E-state index contributed by atoms with van der Waals surface area (Å²) in [6, 6.07) is -3.10. The van der Waals surface area contributed by atoms with Gasteiger partial charge in [0.25, 0.3) is 0 Å². The van der Waals surface area contributed by atoms with Crippen molar-refractivity contribution in [2.24, 2.45) is 5.29 Å². The van der Waals surface area contributed by atoms with Crippen molar-refractivity contribution in [3.05, 3.63) is 4.91 Å². The SMILES string of the molecule is CC(NC(=O)C(C)NC(=O)N(N=O)C(C)Cl)C(=O)O. The molecule has 0 aromatic heterocycles. The molecule has 108 valence electrons. The molecule has 0 saturated carbocycles. The summed E-state index contributed by atoms with van der Waals surface area (Å²) < 4.78 is 0. The van der Waals surface area contributed by atoms with E-state index in [1.54, 1.807) is 0 Å². The summed E-state index contributed by atoms with van der Waals surface area (Å²) in [6.45, 7) is 3.94. The molecule has 0 radical (unpaired) electrons. The number of carboxylic acid groups (broad SMARTS) is 1. The first-order valence-corrected chi connectivity index (χ1v) is 5.74. The van der Waals surface area contributed by atoms with Gasteiger partial charge in [0, 0.05) is 0 Å². The molecule has 19 heavy (non-hydrogen) atoms. The zero-order valence-corrected chi connectivity index (χ0v) is 11.3. The number of alkyl halides is 1. The van der Waals surface area contributed by atoms with E-state index in [-0.39, 0.29) is 0 Å². The van der Waals surface area contributed by atoms with Crippen LogP contribution >= 0.6 is 11.6 Å². The summed E-state index contributed by atoms with van der Waals surface area (Å²) in [5.41, 5.74) is -0.981. The quantitative estimate of drug-likeness (QED) is 0.280. The van der Waals surface area contributed by atoms with E-state index in [1.807, 2.05) is 0 Å². The molecule has 0 spiro atoms. The van der Waals surface area contributed by atoms with Crippen LogP contribution in [0.3, 0.4) is 0 Å². The molecule has 0 rings (SSSR count). The molecule has 0 aliphatic rings. The molecule has 3 unspecified atom stereocenters. The molecule has 3 amide bonds. The van der Waals surface area contributed by atoms with Crippen molar-refractivity contribution < 1.29 is 19.5 Å². The van der Waals surface area contributed by atoms with Crippen LogP contribution in [-0.4, -0.2) is 45.6 Å². The van der Waals surface area contributed by atoms with E-state index in [4.69, 9.17) is 16.7 Å². The maximum atomic E-state index is 11.5. The molecule has 0 bridgehead atoms. The Balaban J connectivity index is 4.48. The predicted octanol–water partition coefficient (Wildman–Crippen LogP) is 0.242. The van der Waals surface area contributed by atoms with Crippen LogP contribution in [0.4, 0.5) is 4.79 Å². The molecular weight excluding hydrogens is 280 g/mol. The van der Waals surface area contributed by atoms with E-state index in [2.05, 4.69) is 15.9 Å². The third kappa shape index (κ3) is 5.51. The zero-order valence-electron chi connectivity index (χ0n) is 10.6. The first-order valence-electron chi connectivity index (χ1n) is 5.31. The molecule has 0 aliphatic heterocycles. The van der Waals surface area contributed by atoms with E-state index in [1.165, 1.54) is 20.8 Å². The number of carbonyl (C=O) groups is 3. The Hall–Kier alpha value is -1.90. The van der Waals surface area contributed by atoms with Crippen molar-refractivity contribution >= 4 is 29.5 Å². The van der Waals surface area contributed by atoms with Gasteiger partial charge in [-0.05, 0) is 20.8 Å². The molecule has 9 nitrogen and oxygen atoms in total. The molecule has 3 atom stereocenters. The number of nitrogens with one attached hydrogen (secondary N) is 2. The lowest BCUT2D eigenvalue weighted by molar-refractivity contribution is -0.141. The summed E-state index contributed by atoms with van der Waals surface area (Å²) in [4.78, 5) is 43.9. The third-order valence-electron chi connectivity index (χ3n) is 2.10. The number of urea groups is 1. The van der Waals surface area contributed by atoms with Crippen molar-refractivity contribution in [3.8, 4) is 0 Å². The summed E-state index contributed by atoms with van der Waals surface area (Å²) in [5, 5.41) is 15.7. The number of nitrogens with zero attached hydrogens (tertiary/aromatic N) is 2. The average molecular weight is 295 g/mol. The van der Waals surface area contributed by atoms with Gasteiger partial charge in [-0.1, -0.05) is 11.6 Å². The topological polar surface area (TPSA) is 128 Å². The number of nitroso groups, excluding NO2 is 1. The van der Waals surface area contributed by atoms with Gasteiger partial charge in [0.1, 0.15) is 17.6 Å². The van der Waals surface area contributed by atoms with E-state index in [9.17, 15) is 19.3 Å². The van der Waals surface area contributed by atoms with Gasteiger partial charge < -0.3 is 15.7 Å². The van der Waals surface area contributed by atoms with Crippen LogP contribution in [0.5, 0.6) is 0 Å². The van der Waals surface area contributed by atoms with Gasteiger partial charge >= 0.3 is 12.0 Å². The van der Waals surface area contributed by atoms with Crippen LogP contribution in [0.25, 0.3) is 0 Å². The highest BCUT2D eigenvalue weighted by Gasteiger charge is 2.25. The molecule has 3 N–H and O–H groups in total. The lowest BCUT2D eigenvalue weighted by Gasteiger charge is -2.20. The van der Waals surface area contributed by atoms with Crippen molar-refractivity contribution in [1.82, 2.24) is 15.6 Å². The molecule has 0 heterocycles. The minimum atomic E-state index is -1.21. The van der Waals surface area contributed by atoms with Gasteiger partial charge in [0.15, 0.2) is 0 Å². The molecule has 0 aromatic carbocycles. The van der Waals surface area contributed by atoms with E-state index >= 15 is 0 Å². The smallest absolute Gasteiger partial charge is 0.342 e. The Morgan fingerprint density at radius 3 is 2.05 bits per heavy atom. The number of carbonyl (C=O) groups excluding carboxylic acids is 2. The summed E-state index contributed by atoms with van der Waals surface area (Å²) >= 11 is 5.52. The lowest BCUT2D eigenvalue weighted by atomic mass is 10.2. The Labute approximate surface area is 114 Å². The van der Waals surface area contributed by atoms with E-state index in [0.717, 1.165) is 0 Å². The third-order valence-corrected chi connectivity index (χ3v) is 2.28. The monoisotopic (exact) mass is 294 g/mol. The summed E-state index contributed by atoms with van der Waals surface area (Å²) in [6.07, 6.45) is 0. The standard InChI is InChI=1S/C9H15ClN4O5/c1-4(7(15)11-5(2)8(16)17)12-9(18)14(13-19)6(3)10/h4-6H,1-3H3,(H,11,15)(H,12,18)(H,16,17). The Kier molecular flexibility index (Phi) is 6.76. The fraction of sp³-hybridized carbons (Fsp3) is 0.667. The number of aliphatic carboxylic acids is 1. The minimum absolute atomic E-state index is 0.409. The van der Waals surface area contributed by atoms with Crippen molar-refractivity contribution in [2.75, 3.05) is 0 Å². The van der Waals surface area contributed by atoms with Crippen LogP contribution in [0.15, 0.2) is 5.29 Å². The predicted molar refractivity (Wildman–Crippen MR) is 66.2 cm³/mol. The highest BCUT2D eigenvalue weighted by Crippen LogP contribution is 2.04. The van der Waals surface area contributed by atoms with Crippen molar-refractivity contribution in [1.29, 1.82) is 0 Å². The highest BCUT2D eigenvalue weighted by atomic mass is 35.5. The fourth-order valence-corrected chi connectivity index (χ4v) is 1.10. The maximum absolute atomic E-state index is 11.5. The first-order chi connectivity index (χ1) is 8.70. The Morgan fingerprint density at radius 2 is 1.68 bits per heavy atom. The van der Waals surface area contributed by atoms with Gasteiger partial charge in [-0.25, -0.2) is 4.79 Å². The number of carboxylic acids is 1. The molecule has 0 aromatic rings. The van der Waals surface area contributed by atoms with Crippen LogP contribution < -0.4 is 10.6 Å². The highest BCUT2D eigenvalue weighted by molar-refractivity contribution is 6.20. The molecule has 0 saturated heterocycles. The van der Waals surface area contributed by atoms with Gasteiger partial charge in [0.2, 0.25) is 5.91 Å². The number of rotatable bonds is 6. The minimum Gasteiger partial charge on any atom is -0.480 e. The average Bonchev–Trinajstić information content (AvgIpc) is 2.28. The normalized spacial score (nSPS) is 14.7. The van der Waals surface area contributed by atoms with Gasteiger partial charge in [-0.2, -0.15) is 5.01 Å². The number of amides is 3. The number of halogens is 1. The number of hydrogen-bond donors (Lipinski definition) is 3. The molecule has 0 fully saturated rings. The largest absolute Gasteiger partial charge is 0.480 e. The zero-order chi connectivity index (χ0) is 15.2. The van der Waals surface area contributed by atoms with Gasteiger partial charge in [-0.3, -0.25) is 9.59 Å². The molecular formula is C9H15ClN4O5. The van der Waals surface area contributed by atoms with Crippen molar-refractivity contribution in [3.63, 3.8) is 0 Å². The van der Waals surface area contributed by atoms with Crippen molar-refractivity contribution in [2.45, 2.75) is 38.4 Å². The lowest BCUT2D eigenvalue weighted by Crippen LogP contribution is -2.52. The van der Waals surface area contributed by atoms with Crippen LogP contribution in [-0.2, 0) is 9.59 Å². The molecule has 0 aliphatic carbocycles. The van der Waals surface area contributed by atoms with E-state index < -0.39 is 35.5 Å². The number of hydrogen-bond acceptors (Lipinski definition) is 5. The Bertz CT molecular complexity index is 376. The second-order valence-corrected chi connectivity index (χ2v) is 4.37. The summed E-state index contributed by atoms with van der Waals surface area (Å²) in [5.74, 6) is -1.92. The molecule has 10 heteroatoms. The van der Waals surface area contributed by atoms with Gasteiger partial charge in [-0.15, -0.1) is 4.91 Å². The first kappa shape index (κ1) is 17.1. The maximum Gasteiger partial charge on any atom is 0.342 e. The van der Waals surface area contributed by atoms with Gasteiger partial charge in [0.05, 0.1) is 5.29 Å². The van der Waals surface area contributed by atoms with Crippen LogP contribution in [0.2, 0.25) is 0 Å². The van der Waals surface area contributed by atoms with Crippen LogP contribution in [0.1, 0.15) is 20.8 Å². The van der Waals surface area contributed by atoms with E-state index in [0.29, 0.717) is 5.01 Å². The second-order valence-electron chi connectivity index (χ2n) is 3.74.